The number of fused-ring (bicyclic) bond motifs is 1. The molecule has 12 heteroatoms. The number of rotatable bonds is 8. The third-order valence-corrected chi connectivity index (χ3v) is 6.70. The number of carbonyl (C=O) groups is 1. The molecule has 4 aromatic rings. The number of hydroxylamine groups is 1. The van der Waals surface area contributed by atoms with Crippen LogP contribution >= 0.6 is 12.1 Å². The molecule has 1 fully saturated rings. The van der Waals surface area contributed by atoms with Crippen molar-refractivity contribution < 1.29 is 13.5 Å². The van der Waals surface area contributed by atoms with Crippen molar-refractivity contribution in [2.45, 2.75) is 30.2 Å². The van der Waals surface area contributed by atoms with Crippen LogP contribution in [0.25, 0.3) is 5.65 Å². The van der Waals surface area contributed by atoms with Gasteiger partial charge in [-0.1, -0.05) is 12.1 Å². The minimum absolute atomic E-state index is 0.132. The maximum Gasteiger partial charge on any atom is 0.321 e. The minimum Gasteiger partial charge on any atom is -0.409 e. The molecule has 0 bridgehead atoms. The van der Waals surface area contributed by atoms with Gasteiger partial charge in [-0.05, 0) is 36.6 Å². The van der Waals surface area contributed by atoms with Gasteiger partial charge in [0.25, 0.3) is 0 Å². The van der Waals surface area contributed by atoms with E-state index < -0.39 is 0 Å². The van der Waals surface area contributed by atoms with Gasteiger partial charge in [-0.15, -0.1) is 0 Å². The van der Waals surface area contributed by atoms with E-state index in [0.29, 0.717) is 41.6 Å². The van der Waals surface area contributed by atoms with Crippen molar-refractivity contribution in [3.63, 3.8) is 0 Å². The molecular weight excluding hydrogens is 495 g/mol. The molecule has 4 heterocycles. The van der Waals surface area contributed by atoms with Crippen LogP contribution in [-0.4, -0.2) is 50.7 Å². The van der Waals surface area contributed by atoms with Crippen molar-refractivity contribution >= 4 is 35.3 Å². The van der Waals surface area contributed by atoms with Gasteiger partial charge >= 0.3 is 6.03 Å². The summed E-state index contributed by atoms with van der Waals surface area (Å²) in [6, 6.07) is 12.9. The molecule has 0 radical (unpaired) electrons. The molecule has 0 unspecified atom stereocenters. The van der Waals surface area contributed by atoms with Crippen LogP contribution in [0.5, 0.6) is 5.75 Å². The molecular formula is C25H27FN8O2S. The lowest BCUT2D eigenvalue weighted by Crippen LogP contribution is -2.40. The normalized spacial score (nSPS) is 14.1. The van der Waals surface area contributed by atoms with Crippen LogP contribution in [0.3, 0.4) is 0 Å². The summed E-state index contributed by atoms with van der Waals surface area (Å²) in [6.07, 6.45) is 6.49. The lowest BCUT2D eigenvalue weighted by molar-refractivity contribution is 0.194. The molecule has 3 N–H and O–H groups in total. The van der Waals surface area contributed by atoms with Crippen molar-refractivity contribution in [3.8, 4) is 5.75 Å². The second-order valence-corrected chi connectivity index (χ2v) is 9.22. The van der Waals surface area contributed by atoms with Crippen molar-refractivity contribution in [1.82, 2.24) is 30.0 Å². The third kappa shape index (κ3) is 5.75. The number of nitrogens with one attached hydrogen (secondary N) is 3. The maximum atomic E-state index is 13.6. The van der Waals surface area contributed by atoms with Gasteiger partial charge in [-0.2, -0.15) is 19.0 Å². The first-order valence-corrected chi connectivity index (χ1v) is 12.7. The molecule has 0 atom stereocenters. The quantitative estimate of drug-likeness (QED) is 0.287. The number of anilines is 2. The van der Waals surface area contributed by atoms with Crippen LogP contribution in [-0.2, 0) is 6.54 Å². The van der Waals surface area contributed by atoms with Gasteiger partial charge in [0.1, 0.15) is 16.5 Å². The van der Waals surface area contributed by atoms with E-state index in [1.807, 2.05) is 30.3 Å². The standard InChI is InChI=1S/C25H27FN8O2S/c1-27-36-20-6-2-5-19(12-20)31-25(35)33-10-7-18(8-11-33)21-13-23(29-15-17-4-3-9-28-14-17)34-24(32-21)22(37-26)16-30-34/h2-6,9,12-14,16,18,27,29H,7-8,10-11,15H2,1H3,(H,31,35). The van der Waals surface area contributed by atoms with Crippen molar-refractivity contribution in [3.05, 3.63) is 72.3 Å². The number of hydrogen-bond acceptors (Lipinski definition) is 8. The van der Waals surface area contributed by atoms with Gasteiger partial charge in [0.2, 0.25) is 0 Å². The number of amides is 2. The number of likely N-dealkylation sites (tertiary alicyclic amines) is 1. The smallest absolute Gasteiger partial charge is 0.321 e. The van der Waals surface area contributed by atoms with Crippen LogP contribution in [0.4, 0.5) is 20.2 Å². The molecule has 5 rings (SSSR count). The SMILES string of the molecule is CNOc1cccc(NC(=O)N2CCC(c3cc(NCc4cccnc4)n4ncc(SF)c4n3)CC2)c1. The lowest BCUT2D eigenvalue weighted by Gasteiger charge is -2.32. The zero-order valence-corrected chi connectivity index (χ0v) is 21.0. The first kappa shape index (κ1) is 24.8. The Morgan fingerprint density at radius 2 is 2.05 bits per heavy atom. The number of hydrogen-bond donors (Lipinski definition) is 3. The highest BCUT2D eigenvalue weighted by Crippen LogP contribution is 2.32. The molecule has 1 aliphatic rings. The summed E-state index contributed by atoms with van der Waals surface area (Å²) >= 11 is 0.135. The zero-order valence-electron chi connectivity index (χ0n) is 20.2. The largest absolute Gasteiger partial charge is 0.409 e. The Morgan fingerprint density at radius 3 is 2.81 bits per heavy atom. The fourth-order valence-corrected chi connectivity index (χ4v) is 4.67. The van der Waals surface area contributed by atoms with Crippen molar-refractivity contribution in [1.29, 1.82) is 0 Å². The molecule has 37 heavy (non-hydrogen) atoms. The summed E-state index contributed by atoms with van der Waals surface area (Å²) in [5.41, 5.74) is 5.63. The molecule has 0 aliphatic carbocycles. The van der Waals surface area contributed by atoms with E-state index in [9.17, 15) is 8.68 Å². The topological polar surface area (TPSA) is 109 Å². The fraction of sp³-hybridized carbons (Fsp3) is 0.280. The predicted molar refractivity (Wildman–Crippen MR) is 140 cm³/mol. The Balaban J connectivity index is 1.28. The van der Waals surface area contributed by atoms with Gasteiger partial charge in [0.15, 0.2) is 5.65 Å². The number of piperidine rings is 1. The van der Waals surface area contributed by atoms with Crippen LogP contribution in [0, 0.1) is 0 Å². The molecule has 10 nitrogen and oxygen atoms in total. The Kier molecular flexibility index (Phi) is 7.66. The van der Waals surface area contributed by atoms with Crippen molar-refractivity contribution in [2.75, 3.05) is 30.8 Å². The van der Waals surface area contributed by atoms with E-state index in [4.69, 9.17) is 9.82 Å². The minimum atomic E-state index is -0.158. The van der Waals surface area contributed by atoms with Gasteiger partial charge in [0.05, 0.1) is 18.3 Å². The number of pyridine rings is 1. The molecule has 192 valence electrons. The predicted octanol–water partition coefficient (Wildman–Crippen LogP) is 4.64. The van der Waals surface area contributed by atoms with Crippen LogP contribution < -0.4 is 21.0 Å². The molecule has 1 aliphatic heterocycles. The molecule has 1 saturated heterocycles. The molecule has 2 amide bonds. The highest BCUT2D eigenvalue weighted by molar-refractivity contribution is 7.94. The Hall–Kier alpha value is -3.90. The van der Waals surface area contributed by atoms with E-state index in [-0.39, 0.29) is 24.1 Å². The van der Waals surface area contributed by atoms with Crippen LogP contribution in [0.1, 0.15) is 30.0 Å². The first-order valence-electron chi connectivity index (χ1n) is 11.9. The van der Waals surface area contributed by atoms with Gasteiger partial charge < -0.3 is 20.4 Å². The highest BCUT2D eigenvalue weighted by Gasteiger charge is 2.26. The number of aromatic nitrogens is 4. The van der Waals surface area contributed by atoms with Crippen LogP contribution in [0.2, 0.25) is 0 Å². The molecule has 3 aromatic heterocycles. The highest BCUT2D eigenvalue weighted by atomic mass is 32.2. The van der Waals surface area contributed by atoms with E-state index in [0.717, 1.165) is 29.9 Å². The van der Waals surface area contributed by atoms with E-state index >= 15 is 0 Å². The Labute approximate surface area is 217 Å². The van der Waals surface area contributed by atoms with Crippen molar-refractivity contribution in [2.24, 2.45) is 0 Å². The number of halogens is 1. The molecule has 0 spiro atoms. The summed E-state index contributed by atoms with van der Waals surface area (Å²) in [5, 5.41) is 10.6. The number of nitrogens with zero attached hydrogens (tertiary/aromatic N) is 5. The number of benzene rings is 1. The summed E-state index contributed by atoms with van der Waals surface area (Å²) in [6.45, 7) is 1.71. The second-order valence-electron chi connectivity index (χ2n) is 8.63. The maximum absolute atomic E-state index is 13.6. The van der Waals surface area contributed by atoms with Crippen LogP contribution in [0.15, 0.2) is 66.0 Å². The average Bonchev–Trinajstić information content (AvgIpc) is 3.36. The van der Waals surface area contributed by atoms with E-state index in [2.05, 4.69) is 26.2 Å². The number of urea groups is 1. The summed E-state index contributed by atoms with van der Waals surface area (Å²) < 4.78 is 15.2. The second kappa shape index (κ2) is 11.4. The summed E-state index contributed by atoms with van der Waals surface area (Å²) in [7, 11) is 1.67. The number of carbonyl (C=O) groups excluding carboxylic acids is 1. The Morgan fingerprint density at radius 1 is 1.19 bits per heavy atom. The average molecular weight is 523 g/mol. The zero-order chi connectivity index (χ0) is 25.6. The molecule has 1 aromatic carbocycles. The van der Waals surface area contributed by atoms with E-state index in [1.54, 1.807) is 41.0 Å². The van der Waals surface area contributed by atoms with Gasteiger partial charge in [-0.3, -0.25) is 4.98 Å². The Bertz CT molecular complexity index is 1360. The van der Waals surface area contributed by atoms with Gasteiger partial charge in [0, 0.05) is 68.5 Å². The van der Waals surface area contributed by atoms with E-state index in [1.165, 1.54) is 6.20 Å². The monoisotopic (exact) mass is 522 g/mol. The summed E-state index contributed by atoms with van der Waals surface area (Å²) in [4.78, 5) is 29.2. The first-order chi connectivity index (χ1) is 18.1. The van der Waals surface area contributed by atoms with Gasteiger partial charge in [-0.25, -0.2) is 9.78 Å². The fourth-order valence-electron chi connectivity index (χ4n) is 4.38. The third-order valence-electron chi connectivity index (χ3n) is 6.24. The molecule has 0 saturated carbocycles. The lowest BCUT2D eigenvalue weighted by atomic mass is 9.93. The summed E-state index contributed by atoms with van der Waals surface area (Å²) in [5.74, 6) is 1.47.